The van der Waals surface area contributed by atoms with Crippen LogP contribution in [-0.2, 0) is 11.3 Å². The maximum atomic E-state index is 12.0. The van der Waals surface area contributed by atoms with Gasteiger partial charge in [0.15, 0.2) is 0 Å². The molecule has 1 aromatic heterocycles. The number of hydroxylamine groups is 2. The average molecular weight is 347 g/mol. The van der Waals surface area contributed by atoms with Crippen LogP contribution in [0.1, 0.15) is 23.8 Å². The average Bonchev–Trinajstić information content (AvgIpc) is 3.03. The fraction of sp³-hybridized carbons (Fsp3) is 0.412. The minimum atomic E-state index is -0.671. The van der Waals surface area contributed by atoms with Gasteiger partial charge in [0.2, 0.25) is 0 Å². The molecule has 0 unspecified atom stereocenters. The molecule has 1 aliphatic rings. The number of aromatic amines is 1. The van der Waals surface area contributed by atoms with E-state index in [-0.39, 0.29) is 13.2 Å². The standard InChI is InChI=1S/C17H21N3O5/c1-11-8-19(17(23)18-16(11)22)15-7-13(14(10-21)25-15)20(24)9-12-5-3-2-4-6-12/h2-6,8,13-15,21,24H,7,9-10H2,1H3,(H,18,22,23)/t13-,14-,15-/m1/s1. The van der Waals surface area contributed by atoms with Gasteiger partial charge in [-0.2, -0.15) is 5.06 Å². The molecule has 1 fully saturated rings. The molecule has 2 heterocycles. The normalized spacial score (nSPS) is 23.3. The van der Waals surface area contributed by atoms with E-state index in [1.165, 1.54) is 10.8 Å². The lowest BCUT2D eigenvalue weighted by Crippen LogP contribution is -2.39. The first kappa shape index (κ1) is 17.6. The molecule has 1 aromatic carbocycles. The van der Waals surface area contributed by atoms with Gasteiger partial charge in [0.05, 0.1) is 12.6 Å². The molecule has 3 N–H and O–H groups in total. The fourth-order valence-electron chi connectivity index (χ4n) is 3.05. The van der Waals surface area contributed by atoms with Gasteiger partial charge < -0.3 is 15.1 Å². The highest BCUT2D eigenvalue weighted by molar-refractivity contribution is 5.14. The molecule has 0 saturated carbocycles. The molecule has 1 saturated heterocycles. The van der Waals surface area contributed by atoms with Gasteiger partial charge in [-0.1, -0.05) is 30.3 Å². The number of nitrogens with zero attached hydrogens (tertiary/aromatic N) is 2. The molecule has 1 aliphatic heterocycles. The zero-order valence-corrected chi connectivity index (χ0v) is 13.8. The van der Waals surface area contributed by atoms with Crippen molar-refractivity contribution < 1.29 is 15.1 Å². The Kier molecular flexibility index (Phi) is 5.14. The summed E-state index contributed by atoms with van der Waals surface area (Å²) in [4.78, 5) is 25.8. The van der Waals surface area contributed by atoms with Crippen molar-refractivity contribution in [3.63, 3.8) is 0 Å². The van der Waals surface area contributed by atoms with Crippen LogP contribution in [0.2, 0.25) is 0 Å². The number of hydrogen-bond acceptors (Lipinski definition) is 6. The number of hydrogen-bond donors (Lipinski definition) is 3. The highest BCUT2D eigenvalue weighted by atomic mass is 16.5. The zero-order valence-electron chi connectivity index (χ0n) is 13.8. The van der Waals surface area contributed by atoms with E-state index in [0.29, 0.717) is 12.0 Å². The minimum Gasteiger partial charge on any atom is -0.394 e. The summed E-state index contributed by atoms with van der Waals surface area (Å²) in [6.45, 7) is 1.58. The van der Waals surface area contributed by atoms with Crippen LogP contribution in [0.4, 0.5) is 0 Å². The lowest BCUT2D eigenvalue weighted by atomic mass is 10.1. The summed E-state index contributed by atoms with van der Waals surface area (Å²) in [5.74, 6) is 0. The number of benzene rings is 1. The van der Waals surface area contributed by atoms with E-state index in [1.807, 2.05) is 30.3 Å². The van der Waals surface area contributed by atoms with Crippen molar-refractivity contribution in [2.24, 2.45) is 0 Å². The van der Waals surface area contributed by atoms with Gasteiger partial charge in [-0.15, -0.1) is 0 Å². The summed E-state index contributed by atoms with van der Waals surface area (Å²) < 4.78 is 7.02. The third kappa shape index (κ3) is 3.72. The number of rotatable bonds is 5. The van der Waals surface area contributed by atoms with Crippen LogP contribution in [-0.4, -0.2) is 43.7 Å². The second kappa shape index (κ2) is 7.32. The Morgan fingerprint density at radius 3 is 2.72 bits per heavy atom. The molecular formula is C17H21N3O5. The molecule has 8 nitrogen and oxygen atoms in total. The largest absolute Gasteiger partial charge is 0.394 e. The molecule has 2 aromatic rings. The Hall–Kier alpha value is -2.26. The third-order valence-corrected chi connectivity index (χ3v) is 4.41. The smallest absolute Gasteiger partial charge is 0.330 e. The van der Waals surface area contributed by atoms with Crippen LogP contribution in [0.3, 0.4) is 0 Å². The molecular weight excluding hydrogens is 326 g/mol. The maximum absolute atomic E-state index is 12.0. The van der Waals surface area contributed by atoms with Gasteiger partial charge in [0, 0.05) is 24.7 Å². The van der Waals surface area contributed by atoms with Gasteiger partial charge in [0.1, 0.15) is 12.3 Å². The SMILES string of the molecule is Cc1cn([C@H]2C[C@@H](N(O)Cc3ccccc3)[C@@H](CO)O2)c(=O)[nH]c1=O. The number of aliphatic hydroxyl groups is 1. The number of nitrogens with one attached hydrogen (secondary N) is 1. The van der Waals surface area contributed by atoms with Crippen molar-refractivity contribution in [3.05, 3.63) is 68.5 Å². The molecule has 3 atom stereocenters. The number of aliphatic hydroxyl groups excluding tert-OH is 1. The highest BCUT2D eigenvalue weighted by Gasteiger charge is 2.39. The van der Waals surface area contributed by atoms with E-state index >= 15 is 0 Å². The van der Waals surface area contributed by atoms with Crippen LogP contribution in [0.15, 0.2) is 46.1 Å². The second-order valence-corrected chi connectivity index (χ2v) is 6.18. The Balaban J connectivity index is 1.79. The van der Waals surface area contributed by atoms with Crippen molar-refractivity contribution in [1.82, 2.24) is 14.6 Å². The summed E-state index contributed by atoms with van der Waals surface area (Å²) in [6.07, 6.45) is 0.426. The quantitative estimate of drug-likeness (QED) is 0.675. The van der Waals surface area contributed by atoms with Crippen LogP contribution in [0.5, 0.6) is 0 Å². The summed E-state index contributed by atoms with van der Waals surface area (Å²) in [5, 5.41) is 21.1. The monoisotopic (exact) mass is 347 g/mol. The minimum absolute atomic E-state index is 0.275. The molecule has 25 heavy (non-hydrogen) atoms. The summed E-state index contributed by atoms with van der Waals surface area (Å²) >= 11 is 0. The van der Waals surface area contributed by atoms with E-state index in [0.717, 1.165) is 10.6 Å². The Morgan fingerprint density at radius 2 is 2.04 bits per heavy atom. The highest BCUT2D eigenvalue weighted by Crippen LogP contribution is 2.31. The molecule has 8 heteroatoms. The lowest BCUT2D eigenvalue weighted by Gasteiger charge is -2.25. The topological polar surface area (TPSA) is 108 Å². The number of H-pyrrole nitrogens is 1. The van der Waals surface area contributed by atoms with E-state index in [4.69, 9.17) is 4.74 Å². The number of aryl methyl sites for hydroxylation is 1. The van der Waals surface area contributed by atoms with Crippen LogP contribution >= 0.6 is 0 Å². The Bertz CT molecular complexity index is 832. The third-order valence-electron chi connectivity index (χ3n) is 4.41. The second-order valence-electron chi connectivity index (χ2n) is 6.18. The van der Waals surface area contributed by atoms with Gasteiger partial charge in [-0.3, -0.25) is 14.3 Å². The summed E-state index contributed by atoms with van der Waals surface area (Å²) in [5.41, 5.74) is 0.285. The van der Waals surface area contributed by atoms with E-state index in [2.05, 4.69) is 4.98 Å². The zero-order chi connectivity index (χ0) is 18.0. The maximum Gasteiger partial charge on any atom is 0.330 e. The molecule has 0 amide bonds. The molecule has 0 bridgehead atoms. The molecule has 134 valence electrons. The van der Waals surface area contributed by atoms with Crippen molar-refractivity contribution >= 4 is 0 Å². The molecule has 0 radical (unpaired) electrons. The first-order valence-electron chi connectivity index (χ1n) is 8.07. The van der Waals surface area contributed by atoms with E-state index in [1.54, 1.807) is 6.92 Å². The van der Waals surface area contributed by atoms with E-state index < -0.39 is 29.6 Å². The molecule has 0 spiro atoms. The number of aromatic nitrogens is 2. The van der Waals surface area contributed by atoms with Gasteiger partial charge in [0.25, 0.3) is 5.56 Å². The van der Waals surface area contributed by atoms with Crippen molar-refractivity contribution in [3.8, 4) is 0 Å². The molecule has 0 aliphatic carbocycles. The lowest BCUT2D eigenvalue weighted by molar-refractivity contribution is -0.155. The van der Waals surface area contributed by atoms with Crippen molar-refractivity contribution in [2.45, 2.75) is 38.3 Å². The first-order valence-corrected chi connectivity index (χ1v) is 8.07. The van der Waals surface area contributed by atoms with Gasteiger partial charge in [-0.25, -0.2) is 4.79 Å². The van der Waals surface area contributed by atoms with E-state index in [9.17, 15) is 19.9 Å². The van der Waals surface area contributed by atoms with Gasteiger partial charge >= 0.3 is 5.69 Å². The summed E-state index contributed by atoms with van der Waals surface area (Å²) in [6, 6.07) is 8.95. The van der Waals surface area contributed by atoms with Crippen LogP contribution in [0.25, 0.3) is 0 Å². The first-order chi connectivity index (χ1) is 12.0. The Labute approximate surface area is 143 Å². The Morgan fingerprint density at radius 1 is 1.32 bits per heavy atom. The van der Waals surface area contributed by atoms with Gasteiger partial charge in [-0.05, 0) is 12.5 Å². The predicted octanol–water partition coefficient (Wildman–Crippen LogP) is 0.385. The molecule has 3 rings (SSSR count). The van der Waals surface area contributed by atoms with Crippen LogP contribution < -0.4 is 11.2 Å². The predicted molar refractivity (Wildman–Crippen MR) is 89.2 cm³/mol. The fourth-order valence-corrected chi connectivity index (χ4v) is 3.05. The van der Waals surface area contributed by atoms with Crippen molar-refractivity contribution in [2.75, 3.05) is 6.61 Å². The number of ether oxygens (including phenoxy) is 1. The summed E-state index contributed by atoms with van der Waals surface area (Å²) in [7, 11) is 0. The van der Waals surface area contributed by atoms with Crippen LogP contribution in [0, 0.1) is 6.92 Å². The van der Waals surface area contributed by atoms with Crippen molar-refractivity contribution in [1.29, 1.82) is 0 Å².